The third-order valence-corrected chi connectivity index (χ3v) is 4.41. The Balaban J connectivity index is 1.88. The number of rotatable bonds is 4. The Morgan fingerprint density at radius 1 is 1.44 bits per heavy atom. The van der Waals surface area contributed by atoms with E-state index in [4.69, 9.17) is 5.73 Å². The smallest absolute Gasteiger partial charge is 0.317 e. The summed E-state index contributed by atoms with van der Waals surface area (Å²) in [7, 11) is 2.17. The van der Waals surface area contributed by atoms with E-state index < -0.39 is 0 Å². The van der Waals surface area contributed by atoms with E-state index in [-0.39, 0.29) is 12.1 Å². The number of piperidine rings is 1. The Labute approximate surface area is 110 Å². The van der Waals surface area contributed by atoms with Crippen LogP contribution in [-0.4, -0.2) is 61.1 Å². The number of carbonyl (C=O) groups is 1. The lowest BCUT2D eigenvalue weighted by Crippen LogP contribution is -2.41. The summed E-state index contributed by atoms with van der Waals surface area (Å²) in [6.45, 7) is 5.88. The van der Waals surface area contributed by atoms with Crippen molar-refractivity contribution in [3.8, 4) is 0 Å². The molecule has 2 saturated heterocycles. The van der Waals surface area contributed by atoms with Crippen LogP contribution in [0.3, 0.4) is 0 Å². The summed E-state index contributed by atoms with van der Waals surface area (Å²) in [5.74, 6) is 0.639. The molecule has 2 aliphatic rings. The molecular weight excluding hydrogens is 228 g/mol. The van der Waals surface area contributed by atoms with Crippen LogP contribution in [0.15, 0.2) is 0 Å². The third kappa shape index (κ3) is 2.95. The molecule has 0 aromatic carbocycles. The molecule has 2 fully saturated rings. The van der Waals surface area contributed by atoms with Crippen molar-refractivity contribution in [2.45, 2.75) is 38.3 Å². The Kier molecular flexibility index (Phi) is 4.45. The van der Waals surface area contributed by atoms with E-state index in [1.807, 2.05) is 4.90 Å². The molecule has 0 bridgehead atoms. The normalized spacial score (nSPS) is 28.5. The van der Waals surface area contributed by atoms with Gasteiger partial charge in [-0.2, -0.15) is 0 Å². The van der Waals surface area contributed by atoms with Crippen LogP contribution < -0.4 is 11.1 Å². The van der Waals surface area contributed by atoms with E-state index >= 15 is 0 Å². The monoisotopic (exact) mass is 254 g/mol. The summed E-state index contributed by atoms with van der Waals surface area (Å²) in [4.78, 5) is 16.3. The summed E-state index contributed by atoms with van der Waals surface area (Å²) in [6, 6.07) is 0.692. The largest absolute Gasteiger partial charge is 0.333 e. The van der Waals surface area contributed by atoms with Crippen molar-refractivity contribution < 1.29 is 4.79 Å². The molecule has 2 atom stereocenters. The summed E-state index contributed by atoms with van der Waals surface area (Å²) in [5, 5.41) is 3.16. The van der Waals surface area contributed by atoms with Crippen LogP contribution in [-0.2, 0) is 0 Å². The van der Waals surface area contributed by atoms with E-state index in [0.29, 0.717) is 18.5 Å². The average molecular weight is 254 g/mol. The fourth-order valence-corrected chi connectivity index (χ4v) is 3.06. The molecule has 5 heteroatoms. The molecule has 0 saturated carbocycles. The first kappa shape index (κ1) is 13.6. The van der Waals surface area contributed by atoms with Crippen molar-refractivity contribution in [2.24, 2.45) is 11.7 Å². The predicted octanol–water partition coefficient (Wildman–Crippen LogP) is 0.459. The number of nitrogens with two attached hydrogens (primary N) is 1. The van der Waals surface area contributed by atoms with Gasteiger partial charge in [0, 0.05) is 12.6 Å². The molecule has 0 aromatic heterocycles. The van der Waals surface area contributed by atoms with Gasteiger partial charge in [-0.3, -0.25) is 0 Å². The zero-order valence-electron chi connectivity index (χ0n) is 11.6. The van der Waals surface area contributed by atoms with Crippen LogP contribution in [0.4, 0.5) is 4.79 Å². The van der Waals surface area contributed by atoms with Gasteiger partial charge in [-0.15, -0.1) is 0 Å². The van der Waals surface area contributed by atoms with Gasteiger partial charge < -0.3 is 20.9 Å². The van der Waals surface area contributed by atoms with Crippen LogP contribution in [0.5, 0.6) is 0 Å². The maximum Gasteiger partial charge on any atom is 0.317 e. The fraction of sp³-hybridized carbons (Fsp3) is 0.923. The van der Waals surface area contributed by atoms with Gasteiger partial charge >= 0.3 is 6.03 Å². The predicted molar refractivity (Wildman–Crippen MR) is 72.4 cm³/mol. The lowest BCUT2D eigenvalue weighted by atomic mass is 9.90. The summed E-state index contributed by atoms with van der Waals surface area (Å²) in [5.41, 5.74) is 5.57. The number of nitrogens with one attached hydrogen (secondary N) is 1. The van der Waals surface area contributed by atoms with Crippen molar-refractivity contribution in [1.29, 1.82) is 0 Å². The van der Waals surface area contributed by atoms with Crippen molar-refractivity contribution in [2.75, 3.05) is 33.2 Å². The second-order valence-electron chi connectivity index (χ2n) is 5.78. The van der Waals surface area contributed by atoms with Gasteiger partial charge in [0.05, 0.1) is 6.04 Å². The standard InChI is InChI=1S/C13H26N4O/c1-10(3-6-14)17-9-12(15-13(17)18)11-4-7-16(2)8-5-11/h10-12H,3-9,14H2,1-2H3,(H,15,18). The summed E-state index contributed by atoms with van der Waals surface area (Å²) < 4.78 is 0. The van der Waals surface area contributed by atoms with Crippen molar-refractivity contribution in [1.82, 2.24) is 15.1 Å². The van der Waals surface area contributed by atoms with E-state index in [0.717, 1.165) is 26.1 Å². The molecule has 3 N–H and O–H groups in total. The van der Waals surface area contributed by atoms with Crippen molar-refractivity contribution in [3.63, 3.8) is 0 Å². The maximum absolute atomic E-state index is 12.0. The molecule has 0 aliphatic carbocycles. The number of likely N-dealkylation sites (tertiary alicyclic amines) is 1. The quantitative estimate of drug-likeness (QED) is 0.766. The lowest BCUT2D eigenvalue weighted by molar-refractivity contribution is 0.184. The third-order valence-electron chi connectivity index (χ3n) is 4.41. The van der Waals surface area contributed by atoms with Gasteiger partial charge in [0.1, 0.15) is 0 Å². The van der Waals surface area contributed by atoms with E-state index in [1.54, 1.807) is 0 Å². The first-order valence-corrected chi connectivity index (χ1v) is 7.07. The number of hydrogen-bond acceptors (Lipinski definition) is 3. The fourth-order valence-electron chi connectivity index (χ4n) is 3.06. The molecular formula is C13H26N4O. The van der Waals surface area contributed by atoms with E-state index in [9.17, 15) is 4.79 Å². The number of amides is 2. The summed E-state index contributed by atoms with van der Waals surface area (Å²) in [6.07, 6.45) is 3.27. The number of nitrogens with zero attached hydrogens (tertiary/aromatic N) is 2. The number of carbonyl (C=O) groups excluding carboxylic acids is 1. The van der Waals surface area contributed by atoms with Crippen LogP contribution >= 0.6 is 0 Å². The second kappa shape index (κ2) is 5.89. The topological polar surface area (TPSA) is 61.6 Å². The van der Waals surface area contributed by atoms with Crippen LogP contribution in [0, 0.1) is 5.92 Å². The van der Waals surface area contributed by atoms with Gasteiger partial charge in [0.25, 0.3) is 0 Å². The Morgan fingerprint density at radius 3 is 2.72 bits per heavy atom. The highest BCUT2D eigenvalue weighted by Crippen LogP contribution is 2.24. The zero-order chi connectivity index (χ0) is 13.1. The van der Waals surface area contributed by atoms with Crippen molar-refractivity contribution >= 4 is 6.03 Å². The number of urea groups is 1. The van der Waals surface area contributed by atoms with Crippen molar-refractivity contribution in [3.05, 3.63) is 0 Å². The molecule has 2 amide bonds. The van der Waals surface area contributed by atoms with E-state index in [2.05, 4.69) is 24.2 Å². The van der Waals surface area contributed by atoms with Gasteiger partial charge in [-0.25, -0.2) is 4.79 Å². The Morgan fingerprint density at radius 2 is 2.11 bits per heavy atom. The minimum Gasteiger partial charge on any atom is -0.333 e. The van der Waals surface area contributed by atoms with Crippen LogP contribution in [0.2, 0.25) is 0 Å². The molecule has 0 radical (unpaired) electrons. The van der Waals surface area contributed by atoms with Crippen LogP contribution in [0.1, 0.15) is 26.2 Å². The van der Waals surface area contributed by atoms with Gasteiger partial charge in [-0.05, 0) is 58.8 Å². The highest BCUT2D eigenvalue weighted by Gasteiger charge is 2.36. The summed E-state index contributed by atoms with van der Waals surface area (Å²) >= 11 is 0. The average Bonchev–Trinajstić information content (AvgIpc) is 2.72. The molecule has 2 rings (SSSR count). The minimum absolute atomic E-state index is 0.0971. The minimum atomic E-state index is 0.0971. The molecule has 0 spiro atoms. The molecule has 18 heavy (non-hydrogen) atoms. The zero-order valence-corrected chi connectivity index (χ0v) is 11.6. The molecule has 2 heterocycles. The van der Waals surface area contributed by atoms with Gasteiger partial charge in [0.2, 0.25) is 0 Å². The van der Waals surface area contributed by atoms with Gasteiger partial charge in [0.15, 0.2) is 0 Å². The number of hydrogen-bond donors (Lipinski definition) is 2. The molecule has 0 aromatic rings. The lowest BCUT2D eigenvalue weighted by Gasteiger charge is -2.32. The molecule has 5 nitrogen and oxygen atoms in total. The van der Waals surface area contributed by atoms with E-state index in [1.165, 1.54) is 12.8 Å². The Hall–Kier alpha value is -0.810. The maximum atomic E-state index is 12.0. The first-order chi connectivity index (χ1) is 8.61. The molecule has 2 unspecified atom stereocenters. The highest BCUT2D eigenvalue weighted by molar-refractivity contribution is 5.77. The highest BCUT2D eigenvalue weighted by atomic mass is 16.2. The molecule has 104 valence electrons. The van der Waals surface area contributed by atoms with Crippen LogP contribution in [0.25, 0.3) is 0 Å². The SMILES string of the molecule is CC(CCN)N1CC(C2CCN(C)CC2)NC1=O. The molecule has 2 aliphatic heterocycles. The first-order valence-electron chi connectivity index (χ1n) is 7.07. The van der Waals surface area contributed by atoms with Gasteiger partial charge in [-0.1, -0.05) is 0 Å². The second-order valence-corrected chi connectivity index (χ2v) is 5.78. The Bertz CT molecular complexity index is 289.